The molecule has 3 heteroatoms. The number of rotatable bonds is 3. The predicted molar refractivity (Wildman–Crippen MR) is 103 cm³/mol. The van der Waals surface area contributed by atoms with Gasteiger partial charge in [0.05, 0.1) is 0 Å². The summed E-state index contributed by atoms with van der Waals surface area (Å²) >= 11 is 3.61. The van der Waals surface area contributed by atoms with E-state index in [-0.39, 0.29) is 0 Å². The minimum atomic E-state index is 0.637. The average molecular weight is 376 g/mol. The van der Waals surface area contributed by atoms with Gasteiger partial charge in [0, 0.05) is 10.0 Å². The molecule has 2 nitrogen and oxygen atoms in total. The summed E-state index contributed by atoms with van der Waals surface area (Å²) in [6, 6.07) is 24.1. The van der Waals surface area contributed by atoms with Crippen LogP contribution in [0.25, 0.3) is 34.7 Å². The molecular weight excluding hydrogens is 362 g/mol. The Kier molecular flexibility index (Phi) is 4.01. The van der Waals surface area contributed by atoms with Crippen LogP contribution in [-0.4, -0.2) is 4.98 Å². The lowest BCUT2D eigenvalue weighted by molar-refractivity contribution is 0.620. The molecule has 0 saturated carbocycles. The van der Waals surface area contributed by atoms with Crippen LogP contribution in [0.2, 0.25) is 0 Å². The number of halogens is 1. The molecule has 4 rings (SSSR count). The van der Waals surface area contributed by atoms with Crippen LogP contribution in [0.4, 0.5) is 0 Å². The van der Waals surface area contributed by atoms with Crippen molar-refractivity contribution in [2.75, 3.05) is 0 Å². The van der Waals surface area contributed by atoms with E-state index in [2.05, 4.69) is 51.3 Å². The van der Waals surface area contributed by atoms with Crippen LogP contribution in [0.3, 0.4) is 0 Å². The predicted octanol–water partition coefficient (Wildman–Crippen LogP) is 6.43. The number of fused-ring (bicyclic) bond motifs is 1. The maximum absolute atomic E-state index is 5.86. The zero-order chi connectivity index (χ0) is 16.4. The van der Waals surface area contributed by atoms with Gasteiger partial charge in [-0.3, -0.25) is 0 Å². The van der Waals surface area contributed by atoms with E-state index < -0.39 is 0 Å². The monoisotopic (exact) mass is 375 g/mol. The Labute approximate surface area is 148 Å². The molecule has 0 aliphatic carbocycles. The van der Waals surface area contributed by atoms with Gasteiger partial charge in [-0.05, 0) is 41.5 Å². The lowest BCUT2D eigenvalue weighted by atomic mass is 10.1. The molecule has 1 aromatic heterocycles. The van der Waals surface area contributed by atoms with Crippen molar-refractivity contribution in [2.45, 2.75) is 0 Å². The molecule has 0 saturated heterocycles. The molecular formula is C21H14BrNO. The van der Waals surface area contributed by atoms with Crippen LogP contribution >= 0.6 is 15.9 Å². The van der Waals surface area contributed by atoms with Crippen LogP contribution < -0.4 is 0 Å². The first-order valence-corrected chi connectivity index (χ1v) is 8.47. The molecule has 1 heterocycles. The minimum absolute atomic E-state index is 0.637. The number of aromatic nitrogens is 1. The van der Waals surface area contributed by atoms with E-state index in [1.807, 2.05) is 54.6 Å². The average Bonchev–Trinajstić information content (AvgIpc) is 3.06. The van der Waals surface area contributed by atoms with Crippen molar-refractivity contribution in [2.24, 2.45) is 0 Å². The van der Waals surface area contributed by atoms with E-state index in [4.69, 9.17) is 4.42 Å². The second-order valence-electron chi connectivity index (χ2n) is 5.47. The van der Waals surface area contributed by atoms with E-state index in [1.54, 1.807) is 0 Å². The molecule has 24 heavy (non-hydrogen) atoms. The van der Waals surface area contributed by atoms with Gasteiger partial charge in [-0.1, -0.05) is 70.5 Å². The summed E-state index contributed by atoms with van der Waals surface area (Å²) in [5.41, 5.74) is 4.88. The van der Waals surface area contributed by atoms with Gasteiger partial charge in [0.15, 0.2) is 5.58 Å². The highest BCUT2D eigenvalue weighted by Crippen LogP contribution is 2.28. The summed E-state index contributed by atoms with van der Waals surface area (Å²) in [5.74, 6) is 0.637. The van der Waals surface area contributed by atoms with Crippen LogP contribution in [0.5, 0.6) is 0 Å². The third-order valence-electron chi connectivity index (χ3n) is 3.79. The van der Waals surface area contributed by atoms with Crippen LogP contribution in [0.1, 0.15) is 11.1 Å². The summed E-state index contributed by atoms with van der Waals surface area (Å²) in [5, 5.41) is 0. The third kappa shape index (κ3) is 3.03. The first kappa shape index (κ1) is 14.9. The zero-order valence-corrected chi connectivity index (χ0v) is 14.4. The first-order valence-electron chi connectivity index (χ1n) is 7.68. The maximum Gasteiger partial charge on any atom is 0.227 e. The third-order valence-corrected chi connectivity index (χ3v) is 4.51. The van der Waals surface area contributed by atoms with Crippen molar-refractivity contribution in [1.82, 2.24) is 4.98 Å². The number of hydrogen-bond donors (Lipinski definition) is 0. The summed E-state index contributed by atoms with van der Waals surface area (Å²) in [6.45, 7) is 0. The molecule has 0 amide bonds. The van der Waals surface area contributed by atoms with Crippen LogP contribution in [0.15, 0.2) is 81.7 Å². The second-order valence-corrected chi connectivity index (χ2v) is 6.32. The van der Waals surface area contributed by atoms with E-state index in [1.165, 1.54) is 0 Å². The lowest BCUT2D eigenvalue weighted by Gasteiger charge is -2.02. The highest BCUT2D eigenvalue weighted by atomic mass is 79.9. The SMILES string of the molecule is Brc1ccc(-c2nc3ccccc3o2)cc1C=Cc1ccccc1. The quantitative estimate of drug-likeness (QED) is 0.385. The zero-order valence-electron chi connectivity index (χ0n) is 12.8. The molecule has 0 radical (unpaired) electrons. The molecule has 0 spiro atoms. The van der Waals surface area contributed by atoms with Gasteiger partial charge in [-0.25, -0.2) is 4.98 Å². The Morgan fingerprint density at radius 1 is 0.833 bits per heavy atom. The maximum atomic E-state index is 5.86. The van der Waals surface area contributed by atoms with Crippen molar-refractivity contribution in [1.29, 1.82) is 0 Å². The van der Waals surface area contributed by atoms with E-state index in [0.717, 1.165) is 32.3 Å². The molecule has 116 valence electrons. The first-order chi connectivity index (χ1) is 11.8. The van der Waals surface area contributed by atoms with Crippen LogP contribution in [-0.2, 0) is 0 Å². The van der Waals surface area contributed by atoms with Crippen molar-refractivity contribution in [3.63, 3.8) is 0 Å². The number of hydrogen-bond acceptors (Lipinski definition) is 2. The Morgan fingerprint density at radius 2 is 1.62 bits per heavy atom. The topological polar surface area (TPSA) is 26.0 Å². The Hall–Kier alpha value is -2.65. The fraction of sp³-hybridized carbons (Fsp3) is 0. The normalized spacial score (nSPS) is 11.4. The number of oxazole rings is 1. The molecule has 4 aromatic rings. The fourth-order valence-corrected chi connectivity index (χ4v) is 2.93. The Bertz CT molecular complexity index is 985. The van der Waals surface area contributed by atoms with Crippen molar-refractivity contribution in [3.05, 3.63) is 88.4 Å². The Morgan fingerprint density at radius 3 is 2.46 bits per heavy atom. The van der Waals surface area contributed by atoms with Crippen molar-refractivity contribution >= 4 is 39.2 Å². The summed E-state index contributed by atoms with van der Waals surface area (Å²) in [6.07, 6.45) is 4.18. The largest absolute Gasteiger partial charge is 0.436 e. The van der Waals surface area contributed by atoms with E-state index >= 15 is 0 Å². The number of benzene rings is 3. The molecule has 0 N–H and O–H groups in total. The highest BCUT2D eigenvalue weighted by Gasteiger charge is 2.09. The number of para-hydroxylation sites is 2. The molecule has 0 unspecified atom stereocenters. The summed E-state index contributed by atoms with van der Waals surface area (Å²) in [4.78, 5) is 4.57. The summed E-state index contributed by atoms with van der Waals surface area (Å²) in [7, 11) is 0. The molecule has 0 atom stereocenters. The van der Waals surface area contributed by atoms with E-state index in [0.29, 0.717) is 5.89 Å². The van der Waals surface area contributed by atoms with Crippen LogP contribution in [0, 0.1) is 0 Å². The van der Waals surface area contributed by atoms with Gasteiger partial charge in [0.2, 0.25) is 5.89 Å². The molecule has 3 aromatic carbocycles. The fourth-order valence-electron chi connectivity index (χ4n) is 2.55. The van der Waals surface area contributed by atoms with Gasteiger partial charge in [0.25, 0.3) is 0 Å². The minimum Gasteiger partial charge on any atom is -0.436 e. The molecule has 0 bridgehead atoms. The van der Waals surface area contributed by atoms with Gasteiger partial charge in [0.1, 0.15) is 5.52 Å². The van der Waals surface area contributed by atoms with E-state index in [9.17, 15) is 0 Å². The van der Waals surface area contributed by atoms with Crippen molar-refractivity contribution < 1.29 is 4.42 Å². The Balaban J connectivity index is 1.72. The lowest BCUT2D eigenvalue weighted by Crippen LogP contribution is -1.81. The van der Waals surface area contributed by atoms with Gasteiger partial charge < -0.3 is 4.42 Å². The summed E-state index contributed by atoms with van der Waals surface area (Å²) < 4.78 is 6.90. The molecule has 0 aliphatic heterocycles. The van der Waals surface area contributed by atoms with Crippen molar-refractivity contribution in [3.8, 4) is 11.5 Å². The van der Waals surface area contributed by atoms with Gasteiger partial charge in [-0.15, -0.1) is 0 Å². The number of nitrogens with zero attached hydrogens (tertiary/aromatic N) is 1. The van der Waals surface area contributed by atoms with Gasteiger partial charge >= 0.3 is 0 Å². The van der Waals surface area contributed by atoms with Gasteiger partial charge in [-0.2, -0.15) is 0 Å². The smallest absolute Gasteiger partial charge is 0.227 e. The second kappa shape index (κ2) is 6.46. The standard InChI is InChI=1S/C21H14BrNO/c22-18-13-12-17(21-23-19-8-4-5-9-20(19)24-21)14-16(18)11-10-15-6-2-1-3-7-15/h1-14H. The molecule has 0 fully saturated rings. The highest BCUT2D eigenvalue weighted by molar-refractivity contribution is 9.10. The molecule has 0 aliphatic rings.